The molecule has 1 fully saturated rings. The van der Waals surface area contributed by atoms with Gasteiger partial charge >= 0.3 is 0 Å². The fourth-order valence-corrected chi connectivity index (χ4v) is 3.71. The molecule has 2 N–H and O–H groups in total. The Balaban J connectivity index is 1.54. The standard InChI is InChI=1S/C23H22F2N4O3/c1-14-9-21(31)22(27-29(14)15-5-3-2-4-6-15)23(32)26-12-18-19(24)10-16(11-20(18)25)28-8-7-17(30)13-28/h2-6,9-11,17,30H,7-8,12-13H2,1H3,(H,26,32)/t17-/m1/s1. The van der Waals surface area contributed by atoms with Gasteiger partial charge in [-0.3, -0.25) is 9.59 Å². The molecule has 2 aromatic carbocycles. The van der Waals surface area contributed by atoms with Crippen molar-refractivity contribution in [1.29, 1.82) is 0 Å². The van der Waals surface area contributed by atoms with Gasteiger partial charge in [-0.15, -0.1) is 0 Å². The predicted octanol–water partition coefficient (Wildman–Crippen LogP) is 2.32. The molecule has 9 heteroatoms. The van der Waals surface area contributed by atoms with Gasteiger partial charge in [-0.2, -0.15) is 5.10 Å². The molecule has 7 nitrogen and oxygen atoms in total. The van der Waals surface area contributed by atoms with Crippen molar-refractivity contribution in [3.05, 3.63) is 87.3 Å². The lowest BCUT2D eigenvalue weighted by molar-refractivity contribution is 0.0942. The van der Waals surface area contributed by atoms with Crippen molar-refractivity contribution in [3.63, 3.8) is 0 Å². The number of hydrogen-bond donors (Lipinski definition) is 2. The van der Waals surface area contributed by atoms with E-state index in [1.54, 1.807) is 36.1 Å². The summed E-state index contributed by atoms with van der Waals surface area (Å²) in [5, 5.41) is 16.2. The molecular weight excluding hydrogens is 418 g/mol. The zero-order valence-electron chi connectivity index (χ0n) is 17.4. The lowest BCUT2D eigenvalue weighted by Crippen LogP contribution is -2.32. The minimum absolute atomic E-state index is 0.307. The van der Waals surface area contributed by atoms with Crippen molar-refractivity contribution < 1.29 is 18.7 Å². The van der Waals surface area contributed by atoms with E-state index in [0.717, 1.165) is 0 Å². The number of β-amino-alcohol motifs (C(OH)–C–C–N with tert-alkyl or cyclic N) is 1. The van der Waals surface area contributed by atoms with Crippen LogP contribution in [0.2, 0.25) is 0 Å². The minimum atomic E-state index is -0.828. The third-order valence-corrected chi connectivity index (χ3v) is 5.40. The van der Waals surface area contributed by atoms with Crippen LogP contribution >= 0.6 is 0 Å². The molecule has 2 heterocycles. The second kappa shape index (κ2) is 8.88. The Morgan fingerprint density at radius 1 is 1.16 bits per heavy atom. The molecule has 3 aromatic rings. The number of nitrogens with zero attached hydrogens (tertiary/aromatic N) is 3. The van der Waals surface area contributed by atoms with E-state index in [2.05, 4.69) is 10.4 Å². The molecule has 1 amide bonds. The molecule has 1 aliphatic heterocycles. The largest absolute Gasteiger partial charge is 0.391 e. The van der Waals surface area contributed by atoms with Crippen LogP contribution in [0.3, 0.4) is 0 Å². The molecule has 0 spiro atoms. The number of aryl methyl sites for hydroxylation is 1. The molecule has 4 rings (SSSR count). The third kappa shape index (κ3) is 4.38. The summed E-state index contributed by atoms with van der Waals surface area (Å²) in [7, 11) is 0. The quantitative estimate of drug-likeness (QED) is 0.636. The fraction of sp³-hybridized carbons (Fsp3) is 0.261. The number of carbonyl (C=O) groups is 1. The van der Waals surface area contributed by atoms with Gasteiger partial charge in [0.25, 0.3) is 5.91 Å². The number of aliphatic hydroxyl groups is 1. The van der Waals surface area contributed by atoms with Crippen LogP contribution in [-0.4, -0.2) is 40.0 Å². The van der Waals surface area contributed by atoms with Crippen molar-refractivity contribution in [2.75, 3.05) is 18.0 Å². The predicted molar refractivity (Wildman–Crippen MR) is 115 cm³/mol. The smallest absolute Gasteiger partial charge is 0.276 e. The third-order valence-electron chi connectivity index (χ3n) is 5.40. The first-order chi connectivity index (χ1) is 15.3. The SMILES string of the molecule is Cc1cc(=O)c(C(=O)NCc2c(F)cc(N3CC[C@@H](O)C3)cc2F)nn1-c1ccccc1. The highest BCUT2D eigenvalue weighted by molar-refractivity contribution is 5.92. The summed E-state index contributed by atoms with van der Waals surface area (Å²) < 4.78 is 30.6. The summed E-state index contributed by atoms with van der Waals surface area (Å²) in [5.74, 6) is -2.47. The van der Waals surface area contributed by atoms with Crippen LogP contribution in [0, 0.1) is 18.6 Å². The Kier molecular flexibility index (Phi) is 6.00. The first-order valence-corrected chi connectivity index (χ1v) is 10.2. The summed E-state index contributed by atoms with van der Waals surface area (Å²) in [6.45, 7) is 2.05. The average molecular weight is 440 g/mol. The number of nitrogens with one attached hydrogen (secondary N) is 1. The van der Waals surface area contributed by atoms with Crippen LogP contribution < -0.4 is 15.6 Å². The molecule has 0 saturated carbocycles. The number of halogens is 2. The molecule has 0 aliphatic carbocycles. The van der Waals surface area contributed by atoms with Crippen molar-refractivity contribution >= 4 is 11.6 Å². The van der Waals surface area contributed by atoms with E-state index in [0.29, 0.717) is 36.6 Å². The molecule has 166 valence electrons. The van der Waals surface area contributed by atoms with E-state index < -0.39 is 35.6 Å². The number of rotatable bonds is 5. The highest BCUT2D eigenvalue weighted by Gasteiger charge is 2.23. The second-order valence-corrected chi connectivity index (χ2v) is 7.71. The zero-order chi connectivity index (χ0) is 22.8. The minimum Gasteiger partial charge on any atom is -0.391 e. The summed E-state index contributed by atoms with van der Waals surface area (Å²) in [4.78, 5) is 26.6. The molecule has 0 radical (unpaired) electrons. The number of aromatic nitrogens is 2. The average Bonchev–Trinajstić information content (AvgIpc) is 3.20. The number of para-hydroxylation sites is 1. The van der Waals surface area contributed by atoms with E-state index >= 15 is 0 Å². The first kappa shape index (κ1) is 21.6. The van der Waals surface area contributed by atoms with Gasteiger partial charge in [-0.25, -0.2) is 13.5 Å². The lowest BCUT2D eigenvalue weighted by Gasteiger charge is -2.19. The Hall–Kier alpha value is -3.59. The van der Waals surface area contributed by atoms with Crippen molar-refractivity contribution in [1.82, 2.24) is 15.1 Å². The summed E-state index contributed by atoms with van der Waals surface area (Å²) >= 11 is 0. The van der Waals surface area contributed by atoms with Crippen molar-refractivity contribution in [3.8, 4) is 5.69 Å². The van der Waals surface area contributed by atoms with Crippen molar-refractivity contribution in [2.24, 2.45) is 0 Å². The zero-order valence-corrected chi connectivity index (χ0v) is 17.4. The van der Waals surface area contributed by atoms with Gasteiger partial charge in [-0.05, 0) is 37.6 Å². The molecule has 1 aliphatic rings. The molecule has 0 bridgehead atoms. The Morgan fingerprint density at radius 3 is 2.47 bits per heavy atom. The lowest BCUT2D eigenvalue weighted by atomic mass is 10.1. The fourth-order valence-electron chi connectivity index (χ4n) is 3.71. The summed E-state index contributed by atoms with van der Waals surface area (Å²) in [6, 6.07) is 12.6. The van der Waals surface area contributed by atoms with Gasteiger partial charge in [0.2, 0.25) is 5.43 Å². The van der Waals surface area contributed by atoms with Crippen LogP contribution in [0.5, 0.6) is 0 Å². The number of hydrogen-bond acceptors (Lipinski definition) is 5. The molecule has 0 unspecified atom stereocenters. The van der Waals surface area contributed by atoms with E-state index in [1.807, 2.05) is 6.07 Å². The van der Waals surface area contributed by atoms with E-state index in [9.17, 15) is 23.5 Å². The molecule has 1 atom stereocenters. The topological polar surface area (TPSA) is 87.5 Å². The van der Waals surface area contributed by atoms with E-state index in [4.69, 9.17) is 0 Å². The number of benzene rings is 2. The molecule has 1 aromatic heterocycles. The number of aliphatic hydroxyl groups excluding tert-OH is 1. The monoisotopic (exact) mass is 440 g/mol. The summed E-state index contributed by atoms with van der Waals surface area (Å²) in [5.41, 5.74) is 0.255. The van der Waals surface area contributed by atoms with Crippen LogP contribution in [0.1, 0.15) is 28.2 Å². The highest BCUT2D eigenvalue weighted by Crippen LogP contribution is 2.25. The molecule has 1 saturated heterocycles. The Labute approximate surface area is 182 Å². The van der Waals surface area contributed by atoms with Gasteiger partial charge in [-0.1, -0.05) is 18.2 Å². The first-order valence-electron chi connectivity index (χ1n) is 10.2. The normalized spacial score (nSPS) is 15.8. The maximum Gasteiger partial charge on any atom is 0.276 e. The molecule has 32 heavy (non-hydrogen) atoms. The Bertz CT molecular complexity index is 1190. The maximum atomic E-state index is 14.6. The maximum absolute atomic E-state index is 14.6. The number of anilines is 1. The van der Waals surface area contributed by atoms with Gasteiger partial charge in [0, 0.05) is 42.6 Å². The van der Waals surface area contributed by atoms with Gasteiger partial charge < -0.3 is 15.3 Å². The number of amides is 1. The number of carbonyl (C=O) groups excluding carboxylic acids is 1. The summed E-state index contributed by atoms with van der Waals surface area (Å²) in [6.07, 6.45) is 0.00695. The van der Waals surface area contributed by atoms with Crippen LogP contribution in [-0.2, 0) is 6.54 Å². The highest BCUT2D eigenvalue weighted by atomic mass is 19.1. The van der Waals surface area contributed by atoms with E-state index in [1.165, 1.54) is 22.9 Å². The second-order valence-electron chi connectivity index (χ2n) is 7.71. The van der Waals surface area contributed by atoms with Gasteiger partial charge in [0.05, 0.1) is 11.8 Å². The Morgan fingerprint density at radius 2 is 1.84 bits per heavy atom. The van der Waals surface area contributed by atoms with Gasteiger partial charge in [0.15, 0.2) is 5.69 Å². The van der Waals surface area contributed by atoms with Crippen molar-refractivity contribution in [2.45, 2.75) is 26.0 Å². The van der Waals surface area contributed by atoms with Crippen LogP contribution in [0.25, 0.3) is 5.69 Å². The van der Waals surface area contributed by atoms with Crippen LogP contribution in [0.15, 0.2) is 53.3 Å². The molecular formula is C23H22F2N4O3. The van der Waals surface area contributed by atoms with E-state index in [-0.39, 0.29) is 11.3 Å². The van der Waals surface area contributed by atoms with Gasteiger partial charge in [0.1, 0.15) is 11.6 Å². The van der Waals surface area contributed by atoms with Crippen LogP contribution in [0.4, 0.5) is 14.5 Å².